The molecule has 1 aliphatic rings. The van der Waals surface area contributed by atoms with Crippen molar-refractivity contribution in [3.63, 3.8) is 0 Å². The topological polar surface area (TPSA) is 55.4 Å². The summed E-state index contributed by atoms with van der Waals surface area (Å²) in [6, 6.07) is 40.3. The van der Waals surface area contributed by atoms with Crippen LogP contribution in [0.3, 0.4) is 0 Å². The predicted molar refractivity (Wildman–Crippen MR) is 166 cm³/mol. The fraction of sp³-hybridized carbons (Fsp3) is 0.297. The van der Waals surface area contributed by atoms with E-state index in [2.05, 4.69) is 6.58 Å². The van der Waals surface area contributed by atoms with E-state index in [1.807, 2.05) is 121 Å². The number of hydrogen-bond acceptors (Lipinski definition) is 6. The molecule has 0 aliphatic carbocycles. The van der Waals surface area contributed by atoms with Crippen LogP contribution in [0.5, 0.6) is 0 Å². The first-order chi connectivity index (χ1) is 21.3. The van der Waals surface area contributed by atoms with Crippen molar-refractivity contribution in [3.8, 4) is 0 Å². The van der Waals surface area contributed by atoms with E-state index in [4.69, 9.17) is 28.4 Å². The molecule has 0 saturated carbocycles. The number of ether oxygens (including phenoxy) is 6. The van der Waals surface area contributed by atoms with E-state index in [-0.39, 0.29) is 0 Å². The van der Waals surface area contributed by atoms with Gasteiger partial charge < -0.3 is 28.4 Å². The third-order valence-corrected chi connectivity index (χ3v) is 7.22. The van der Waals surface area contributed by atoms with Crippen molar-refractivity contribution in [1.82, 2.24) is 0 Å². The highest BCUT2D eigenvalue weighted by molar-refractivity contribution is 5.16. The lowest BCUT2D eigenvalue weighted by atomic mass is 9.97. The highest BCUT2D eigenvalue weighted by atomic mass is 16.7. The third-order valence-electron chi connectivity index (χ3n) is 7.22. The molecule has 43 heavy (non-hydrogen) atoms. The lowest BCUT2D eigenvalue weighted by Gasteiger charge is -2.45. The van der Waals surface area contributed by atoms with Crippen LogP contribution in [0.15, 0.2) is 134 Å². The van der Waals surface area contributed by atoms with Crippen molar-refractivity contribution in [2.75, 3.05) is 13.2 Å². The van der Waals surface area contributed by atoms with E-state index in [9.17, 15) is 0 Å². The zero-order valence-corrected chi connectivity index (χ0v) is 24.4. The van der Waals surface area contributed by atoms with Gasteiger partial charge in [0.05, 0.1) is 39.6 Å². The van der Waals surface area contributed by atoms with Gasteiger partial charge in [-0.2, -0.15) is 0 Å². The standard InChI is InChI=1S/C37H40O6/c1-2-23-39-37-36(42-27-32-21-13-6-14-22-32)35(41-26-31-19-11-5-12-20-31)34(40-25-30-17-9-4-10-18-30)33(43-37)28-38-24-29-15-7-3-8-16-29/h2-22,33-37H,1,23-28H2/t33-,34-,35+,36-,37-/m1/s1. The SMILES string of the molecule is C=CCO[C@@H]1O[C@H](COCc2ccccc2)[C@@H](OCc2ccccc2)[C@H](OCc2ccccc2)[C@H]1OCc1ccccc1. The highest BCUT2D eigenvalue weighted by Gasteiger charge is 2.49. The molecule has 0 unspecified atom stereocenters. The van der Waals surface area contributed by atoms with Gasteiger partial charge in [-0.05, 0) is 22.3 Å². The Morgan fingerprint density at radius 2 is 0.930 bits per heavy atom. The molecule has 6 heteroatoms. The molecule has 4 aromatic rings. The van der Waals surface area contributed by atoms with Gasteiger partial charge in [-0.25, -0.2) is 0 Å². The Hall–Kier alpha value is -3.62. The summed E-state index contributed by atoms with van der Waals surface area (Å²) in [4.78, 5) is 0. The summed E-state index contributed by atoms with van der Waals surface area (Å²) in [5.74, 6) is 0. The van der Waals surface area contributed by atoms with E-state index in [1.54, 1.807) is 6.08 Å². The van der Waals surface area contributed by atoms with Crippen LogP contribution >= 0.6 is 0 Å². The van der Waals surface area contributed by atoms with Crippen LogP contribution in [0.2, 0.25) is 0 Å². The van der Waals surface area contributed by atoms with E-state index in [1.165, 1.54) is 0 Å². The average molecular weight is 581 g/mol. The maximum Gasteiger partial charge on any atom is 0.187 e. The molecule has 1 heterocycles. The van der Waals surface area contributed by atoms with Gasteiger partial charge in [-0.1, -0.05) is 127 Å². The summed E-state index contributed by atoms with van der Waals surface area (Å²) >= 11 is 0. The van der Waals surface area contributed by atoms with E-state index < -0.39 is 30.7 Å². The second-order valence-electron chi connectivity index (χ2n) is 10.4. The van der Waals surface area contributed by atoms with Crippen LogP contribution < -0.4 is 0 Å². The summed E-state index contributed by atoms with van der Waals surface area (Å²) in [5, 5.41) is 0. The molecule has 0 N–H and O–H groups in total. The molecule has 0 spiro atoms. The monoisotopic (exact) mass is 580 g/mol. The van der Waals surface area contributed by atoms with Gasteiger partial charge in [-0.15, -0.1) is 6.58 Å². The lowest BCUT2D eigenvalue weighted by Crippen LogP contribution is -2.61. The van der Waals surface area contributed by atoms with E-state index in [0.717, 1.165) is 22.3 Å². The summed E-state index contributed by atoms with van der Waals surface area (Å²) in [6.07, 6.45) is -1.07. The number of benzene rings is 4. The number of hydrogen-bond donors (Lipinski definition) is 0. The Morgan fingerprint density at radius 3 is 1.40 bits per heavy atom. The van der Waals surface area contributed by atoms with Crippen molar-refractivity contribution in [2.24, 2.45) is 0 Å². The van der Waals surface area contributed by atoms with Crippen LogP contribution in [0.1, 0.15) is 22.3 Å². The summed E-state index contributed by atoms with van der Waals surface area (Å²) in [7, 11) is 0. The molecule has 0 radical (unpaired) electrons. The molecule has 6 nitrogen and oxygen atoms in total. The Balaban J connectivity index is 1.41. The number of rotatable bonds is 16. The molecular weight excluding hydrogens is 540 g/mol. The molecule has 0 bridgehead atoms. The molecule has 5 rings (SSSR count). The Kier molecular flexibility index (Phi) is 12.1. The van der Waals surface area contributed by atoms with Crippen LogP contribution in [0.25, 0.3) is 0 Å². The maximum atomic E-state index is 6.68. The zero-order chi connectivity index (χ0) is 29.5. The van der Waals surface area contributed by atoms with Crippen molar-refractivity contribution in [3.05, 3.63) is 156 Å². The van der Waals surface area contributed by atoms with Gasteiger partial charge >= 0.3 is 0 Å². The molecule has 0 aromatic heterocycles. The van der Waals surface area contributed by atoms with Gasteiger partial charge in [-0.3, -0.25) is 0 Å². The quantitative estimate of drug-likeness (QED) is 0.135. The minimum absolute atomic E-state index is 0.291. The van der Waals surface area contributed by atoms with Gasteiger partial charge in [0.25, 0.3) is 0 Å². The molecular formula is C37H40O6. The van der Waals surface area contributed by atoms with Crippen molar-refractivity contribution < 1.29 is 28.4 Å². The summed E-state index contributed by atoms with van der Waals surface area (Å²) in [5.41, 5.74) is 4.24. The maximum absolute atomic E-state index is 6.68. The normalized spacial score (nSPS) is 21.8. The van der Waals surface area contributed by atoms with Crippen LogP contribution in [0, 0.1) is 0 Å². The Labute approximate surface area is 254 Å². The fourth-order valence-corrected chi connectivity index (χ4v) is 5.04. The second kappa shape index (κ2) is 16.9. The third kappa shape index (κ3) is 9.43. The van der Waals surface area contributed by atoms with Gasteiger partial charge in [0, 0.05) is 0 Å². The molecule has 4 aromatic carbocycles. The summed E-state index contributed by atoms with van der Waals surface area (Å²) in [6.45, 7) is 6.02. The molecule has 224 valence electrons. The summed E-state index contributed by atoms with van der Waals surface area (Å²) < 4.78 is 38.8. The van der Waals surface area contributed by atoms with Crippen LogP contribution in [-0.4, -0.2) is 43.9 Å². The Bertz CT molecular complexity index is 1320. The largest absolute Gasteiger partial charge is 0.374 e. The molecule has 5 atom stereocenters. The average Bonchev–Trinajstić information content (AvgIpc) is 3.07. The van der Waals surface area contributed by atoms with Crippen LogP contribution in [0.4, 0.5) is 0 Å². The van der Waals surface area contributed by atoms with Gasteiger partial charge in [0.2, 0.25) is 0 Å². The van der Waals surface area contributed by atoms with Gasteiger partial charge in [0.15, 0.2) is 6.29 Å². The van der Waals surface area contributed by atoms with E-state index in [0.29, 0.717) is 39.6 Å². The van der Waals surface area contributed by atoms with Crippen molar-refractivity contribution in [1.29, 1.82) is 0 Å². The molecule has 1 fully saturated rings. The molecule has 1 aliphatic heterocycles. The first-order valence-electron chi connectivity index (χ1n) is 14.8. The molecule has 1 saturated heterocycles. The Morgan fingerprint density at radius 1 is 0.512 bits per heavy atom. The minimum atomic E-state index is -0.718. The van der Waals surface area contributed by atoms with Crippen LogP contribution in [-0.2, 0) is 54.8 Å². The van der Waals surface area contributed by atoms with Crippen molar-refractivity contribution >= 4 is 0 Å². The second-order valence-corrected chi connectivity index (χ2v) is 10.4. The smallest absolute Gasteiger partial charge is 0.187 e. The first-order valence-corrected chi connectivity index (χ1v) is 14.8. The predicted octanol–water partition coefficient (Wildman–Crippen LogP) is 6.89. The minimum Gasteiger partial charge on any atom is -0.374 e. The zero-order valence-electron chi connectivity index (χ0n) is 24.4. The first kappa shape index (κ1) is 30.8. The highest BCUT2D eigenvalue weighted by Crippen LogP contribution is 2.31. The van der Waals surface area contributed by atoms with Gasteiger partial charge in [0.1, 0.15) is 24.4 Å². The fourth-order valence-electron chi connectivity index (χ4n) is 5.04. The molecule has 0 amide bonds. The van der Waals surface area contributed by atoms with E-state index >= 15 is 0 Å². The van der Waals surface area contributed by atoms with Crippen molar-refractivity contribution in [2.45, 2.75) is 57.1 Å². The lowest BCUT2D eigenvalue weighted by molar-refractivity contribution is -0.326.